The van der Waals surface area contributed by atoms with Gasteiger partial charge in [-0.25, -0.2) is 9.37 Å². The van der Waals surface area contributed by atoms with Crippen molar-refractivity contribution in [1.82, 2.24) is 14.9 Å². The summed E-state index contributed by atoms with van der Waals surface area (Å²) in [6.07, 6.45) is 2.98. The second-order valence-corrected chi connectivity index (χ2v) is 5.57. The molecule has 2 rings (SSSR count). The van der Waals surface area contributed by atoms with Gasteiger partial charge in [0.1, 0.15) is 11.6 Å². The van der Waals surface area contributed by atoms with E-state index in [9.17, 15) is 4.39 Å². The SMILES string of the molecule is CCCNCc1cnc(C)n1Cc1cccc(F)c1Br. The average Bonchev–Trinajstić information content (AvgIpc) is 2.77. The molecule has 0 fully saturated rings. The first-order chi connectivity index (χ1) is 9.63. The minimum absolute atomic E-state index is 0.231. The van der Waals surface area contributed by atoms with Crippen LogP contribution in [0.3, 0.4) is 0 Å². The fourth-order valence-corrected chi connectivity index (χ4v) is 2.50. The lowest BCUT2D eigenvalue weighted by atomic mass is 10.2. The highest BCUT2D eigenvalue weighted by Crippen LogP contribution is 2.22. The van der Waals surface area contributed by atoms with E-state index in [0.29, 0.717) is 11.0 Å². The van der Waals surface area contributed by atoms with Crippen molar-refractivity contribution in [1.29, 1.82) is 0 Å². The summed E-state index contributed by atoms with van der Waals surface area (Å²) in [6, 6.07) is 5.12. The molecule has 1 aromatic carbocycles. The van der Waals surface area contributed by atoms with Gasteiger partial charge in [0, 0.05) is 12.7 Å². The summed E-state index contributed by atoms with van der Waals surface area (Å²) in [4.78, 5) is 4.36. The van der Waals surface area contributed by atoms with E-state index in [1.807, 2.05) is 19.2 Å². The molecule has 1 heterocycles. The Morgan fingerprint density at radius 2 is 2.20 bits per heavy atom. The van der Waals surface area contributed by atoms with Gasteiger partial charge in [-0.05, 0) is 47.4 Å². The van der Waals surface area contributed by atoms with E-state index < -0.39 is 0 Å². The Morgan fingerprint density at radius 3 is 2.95 bits per heavy atom. The van der Waals surface area contributed by atoms with E-state index in [1.165, 1.54) is 6.07 Å². The quantitative estimate of drug-likeness (QED) is 0.814. The normalized spacial score (nSPS) is 11.0. The van der Waals surface area contributed by atoms with Gasteiger partial charge in [0.25, 0.3) is 0 Å². The molecule has 1 N–H and O–H groups in total. The van der Waals surface area contributed by atoms with Crippen molar-refractivity contribution < 1.29 is 4.39 Å². The second kappa shape index (κ2) is 6.99. The molecule has 3 nitrogen and oxygen atoms in total. The summed E-state index contributed by atoms with van der Waals surface area (Å²) in [7, 11) is 0. The Balaban J connectivity index is 2.20. The zero-order chi connectivity index (χ0) is 14.5. The standard InChI is InChI=1S/C15H19BrFN3/c1-3-7-18-8-13-9-19-11(2)20(13)10-12-5-4-6-14(17)15(12)16/h4-6,9,18H,3,7-8,10H2,1-2H3. The van der Waals surface area contributed by atoms with Crippen molar-refractivity contribution in [3.05, 3.63) is 51.8 Å². The smallest absolute Gasteiger partial charge is 0.137 e. The number of nitrogens with one attached hydrogen (secondary N) is 1. The minimum Gasteiger partial charge on any atom is -0.327 e. The van der Waals surface area contributed by atoms with Crippen LogP contribution in [0.5, 0.6) is 0 Å². The maximum absolute atomic E-state index is 13.6. The summed E-state index contributed by atoms with van der Waals surface area (Å²) in [5, 5.41) is 3.37. The van der Waals surface area contributed by atoms with Crippen LogP contribution in [0, 0.1) is 12.7 Å². The Hall–Kier alpha value is -1.20. The molecule has 0 aliphatic rings. The molecular weight excluding hydrogens is 321 g/mol. The number of hydrogen-bond acceptors (Lipinski definition) is 2. The van der Waals surface area contributed by atoms with Gasteiger partial charge in [0.2, 0.25) is 0 Å². The lowest BCUT2D eigenvalue weighted by molar-refractivity contribution is 0.605. The summed E-state index contributed by atoms with van der Waals surface area (Å²) < 4.78 is 16.2. The lowest BCUT2D eigenvalue weighted by Gasteiger charge is -2.12. The van der Waals surface area contributed by atoms with Crippen LogP contribution in [0.15, 0.2) is 28.9 Å². The second-order valence-electron chi connectivity index (χ2n) is 4.77. The third kappa shape index (κ3) is 3.46. The van der Waals surface area contributed by atoms with Crippen molar-refractivity contribution in [3.8, 4) is 0 Å². The van der Waals surface area contributed by atoms with Gasteiger partial charge >= 0.3 is 0 Å². The predicted octanol–water partition coefficient (Wildman–Crippen LogP) is 3.64. The highest BCUT2D eigenvalue weighted by Gasteiger charge is 2.10. The van der Waals surface area contributed by atoms with Crippen LogP contribution >= 0.6 is 15.9 Å². The monoisotopic (exact) mass is 339 g/mol. The fourth-order valence-electron chi connectivity index (χ4n) is 2.11. The van der Waals surface area contributed by atoms with Crippen molar-refractivity contribution >= 4 is 15.9 Å². The van der Waals surface area contributed by atoms with Crippen molar-refractivity contribution in [2.24, 2.45) is 0 Å². The number of nitrogens with zero attached hydrogens (tertiary/aromatic N) is 2. The maximum atomic E-state index is 13.6. The van der Waals surface area contributed by atoms with Gasteiger partial charge in [-0.1, -0.05) is 19.1 Å². The molecular formula is C15H19BrFN3. The third-order valence-corrected chi connectivity index (χ3v) is 4.12. The summed E-state index contributed by atoms with van der Waals surface area (Å²) >= 11 is 3.31. The van der Waals surface area contributed by atoms with Crippen LogP contribution < -0.4 is 5.32 Å². The molecule has 0 aliphatic heterocycles. The molecule has 1 aromatic heterocycles. The first-order valence-corrected chi connectivity index (χ1v) is 7.57. The number of halogens is 2. The molecule has 0 spiro atoms. The van der Waals surface area contributed by atoms with Crippen LogP contribution in [0.1, 0.15) is 30.4 Å². The number of aryl methyl sites for hydroxylation is 1. The van der Waals surface area contributed by atoms with E-state index in [0.717, 1.165) is 36.6 Å². The number of rotatable bonds is 6. The van der Waals surface area contributed by atoms with Crippen LogP contribution in [0.2, 0.25) is 0 Å². The van der Waals surface area contributed by atoms with E-state index in [-0.39, 0.29) is 5.82 Å². The Bertz CT molecular complexity index is 580. The highest BCUT2D eigenvalue weighted by molar-refractivity contribution is 9.10. The zero-order valence-electron chi connectivity index (χ0n) is 11.8. The summed E-state index contributed by atoms with van der Waals surface area (Å²) in [5.74, 6) is 0.709. The largest absolute Gasteiger partial charge is 0.327 e. The topological polar surface area (TPSA) is 29.9 Å². The van der Waals surface area contributed by atoms with Crippen LogP contribution in [-0.4, -0.2) is 16.1 Å². The molecule has 20 heavy (non-hydrogen) atoms. The minimum atomic E-state index is -0.231. The molecule has 0 atom stereocenters. The van der Waals surface area contributed by atoms with E-state index >= 15 is 0 Å². The van der Waals surface area contributed by atoms with Gasteiger partial charge in [0.15, 0.2) is 0 Å². The number of hydrogen-bond donors (Lipinski definition) is 1. The number of imidazole rings is 1. The molecule has 2 aromatic rings. The lowest BCUT2D eigenvalue weighted by Crippen LogP contribution is -2.17. The Morgan fingerprint density at radius 1 is 1.40 bits per heavy atom. The van der Waals surface area contributed by atoms with Gasteiger partial charge in [-0.2, -0.15) is 0 Å². The first-order valence-electron chi connectivity index (χ1n) is 6.78. The van der Waals surface area contributed by atoms with Crippen molar-refractivity contribution in [2.75, 3.05) is 6.54 Å². The first kappa shape index (κ1) is 15.2. The molecule has 108 valence electrons. The van der Waals surface area contributed by atoms with Crippen LogP contribution in [-0.2, 0) is 13.1 Å². The van der Waals surface area contributed by atoms with Gasteiger partial charge in [0.05, 0.1) is 16.7 Å². The molecule has 0 saturated carbocycles. The van der Waals surface area contributed by atoms with Gasteiger partial charge in [-0.15, -0.1) is 0 Å². The fraction of sp³-hybridized carbons (Fsp3) is 0.400. The van der Waals surface area contributed by atoms with E-state index in [1.54, 1.807) is 6.07 Å². The predicted molar refractivity (Wildman–Crippen MR) is 82.2 cm³/mol. The summed E-state index contributed by atoms with van der Waals surface area (Å²) in [6.45, 7) is 6.48. The van der Waals surface area contributed by atoms with Crippen LogP contribution in [0.25, 0.3) is 0 Å². The van der Waals surface area contributed by atoms with Crippen molar-refractivity contribution in [3.63, 3.8) is 0 Å². The highest BCUT2D eigenvalue weighted by atomic mass is 79.9. The Labute approximate surface area is 127 Å². The van der Waals surface area contributed by atoms with Gasteiger partial charge < -0.3 is 9.88 Å². The molecule has 0 bridgehead atoms. The number of aromatic nitrogens is 2. The number of benzene rings is 1. The third-order valence-electron chi connectivity index (χ3n) is 3.23. The molecule has 0 saturated heterocycles. The van der Waals surface area contributed by atoms with Crippen molar-refractivity contribution in [2.45, 2.75) is 33.4 Å². The van der Waals surface area contributed by atoms with E-state index in [2.05, 4.69) is 37.7 Å². The van der Waals surface area contributed by atoms with E-state index in [4.69, 9.17) is 0 Å². The molecule has 0 unspecified atom stereocenters. The molecule has 0 amide bonds. The molecule has 5 heteroatoms. The van der Waals surface area contributed by atoms with Crippen LogP contribution in [0.4, 0.5) is 4.39 Å². The maximum Gasteiger partial charge on any atom is 0.137 e. The molecule has 0 aliphatic carbocycles. The summed E-state index contributed by atoms with van der Waals surface area (Å²) in [5.41, 5.74) is 2.04. The average molecular weight is 340 g/mol. The van der Waals surface area contributed by atoms with Gasteiger partial charge in [-0.3, -0.25) is 0 Å². The molecule has 0 radical (unpaired) electrons. The Kier molecular flexibility index (Phi) is 5.31. The zero-order valence-corrected chi connectivity index (χ0v) is 13.4.